The number of nitrogens with zero attached hydrogens (tertiary/aromatic N) is 3. The molecule has 2 heterocycles. The first kappa shape index (κ1) is 20.4. The Bertz CT molecular complexity index is 620. The Morgan fingerprint density at radius 2 is 2.15 bits per heavy atom. The first-order valence-electron chi connectivity index (χ1n) is 9.48. The molecule has 2 rings (SSSR count). The predicted molar refractivity (Wildman–Crippen MR) is 101 cm³/mol. The summed E-state index contributed by atoms with van der Waals surface area (Å²) >= 11 is 0. The SMILES string of the molecule is CCCc1cc(CN(C)C(=O)CC2C(=O)NCCN2CC(C)(C)C)[nH]n1. The van der Waals surface area contributed by atoms with Crippen LogP contribution in [0.1, 0.15) is 51.9 Å². The zero-order chi connectivity index (χ0) is 19.3. The van der Waals surface area contributed by atoms with Gasteiger partial charge < -0.3 is 10.2 Å². The first-order valence-corrected chi connectivity index (χ1v) is 9.48. The van der Waals surface area contributed by atoms with Crippen LogP contribution in [0.2, 0.25) is 0 Å². The molecule has 0 bridgehead atoms. The van der Waals surface area contributed by atoms with Gasteiger partial charge in [-0.2, -0.15) is 5.10 Å². The second kappa shape index (κ2) is 8.66. The Kier molecular flexibility index (Phi) is 6.81. The zero-order valence-electron chi connectivity index (χ0n) is 16.8. The van der Waals surface area contributed by atoms with Crippen molar-refractivity contribution < 1.29 is 9.59 Å². The molecule has 1 fully saturated rings. The lowest BCUT2D eigenvalue weighted by atomic mass is 9.94. The van der Waals surface area contributed by atoms with Crippen LogP contribution in [0.3, 0.4) is 0 Å². The number of aromatic nitrogens is 2. The van der Waals surface area contributed by atoms with Gasteiger partial charge in [-0.05, 0) is 17.9 Å². The summed E-state index contributed by atoms with van der Waals surface area (Å²) in [6, 6.07) is 1.61. The van der Waals surface area contributed by atoms with Gasteiger partial charge in [0.2, 0.25) is 11.8 Å². The van der Waals surface area contributed by atoms with Gasteiger partial charge >= 0.3 is 0 Å². The third kappa shape index (κ3) is 5.83. The molecule has 7 heteroatoms. The van der Waals surface area contributed by atoms with E-state index in [0.29, 0.717) is 13.1 Å². The van der Waals surface area contributed by atoms with Crippen molar-refractivity contribution in [2.75, 3.05) is 26.7 Å². The van der Waals surface area contributed by atoms with E-state index in [9.17, 15) is 9.59 Å². The van der Waals surface area contributed by atoms with E-state index in [4.69, 9.17) is 0 Å². The van der Waals surface area contributed by atoms with Gasteiger partial charge in [-0.1, -0.05) is 34.1 Å². The molecule has 7 nitrogen and oxygen atoms in total. The zero-order valence-corrected chi connectivity index (χ0v) is 16.8. The van der Waals surface area contributed by atoms with Crippen molar-refractivity contribution in [3.8, 4) is 0 Å². The number of hydrogen-bond donors (Lipinski definition) is 2. The highest BCUT2D eigenvalue weighted by atomic mass is 16.2. The fraction of sp³-hybridized carbons (Fsp3) is 0.737. The molecule has 2 N–H and O–H groups in total. The Hall–Kier alpha value is -1.89. The van der Waals surface area contributed by atoms with Gasteiger partial charge in [0, 0.05) is 26.7 Å². The summed E-state index contributed by atoms with van der Waals surface area (Å²) in [5, 5.41) is 10.1. The van der Waals surface area contributed by atoms with E-state index in [2.05, 4.69) is 48.1 Å². The van der Waals surface area contributed by atoms with Crippen molar-refractivity contribution in [2.45, 2.75) is 59.5 Å². The monoisotopic (exact) mass is 363 g/mol. The average Bonchev–Trinajstić information content (AvgIpc) is 2.96. The van der Waals surface area contributed by atoms with Crippen LogP contribution in [0.15, 0.2) is 6.07 Å². The van der Waals surface area contributed by atoms with E-state index in [0.717, 1.165) is 37.3 Å². The van der Waals surface area contributed by atoms with Gasteiger partial charge in [0.05, 0.1) is 30.4 Å². The lowest BCUT2D eigenvalue weighted by Gasteiger charge is -2.38. The van der Waals surface area contributed by atoms with Crippen LogP contribution >= 0.6 is 0 Å². The summed E-state index contributed by atoms with van der Waals surface area (Å²) < 4.78 is 0. The molecule has 1 aliphatic heterocycles. The molecule has 1 aromatic heterocycles. The molecule has 0 radical (unpaired) electrons. The lowest BCUT2D eigenvalue weighted by molar-refractivity contribution is -0.138. The molecule has 0 saturated carbocycles. The van der Waals surface area contributed by atoms with E-state index < -0.39 is 6.04 Å². The van der Waals surface area contributed by atoms with E-state index in [1.807, 2.05) is 6.07 Å². The van der Waals surface area contributed by atoms with E-state index in [-0.39, 0.29) is 23.7 Å². The summed E-state index contributed by atoms with van der Waals surface area (Å²) in [4.78, 5) is 28.8. The van der Waals surface area contributed by atoms with Crippen LogP contribution in [0, 0.1) is 5.41 Å². The summed E-state index contributed by atoms with van der Waals surface area (Å²) in [7, 11) is 1.78. The Balaban J connectivity index is 1.97. The number of hydrogen-bond acceptors (Lipinski definition) is 4. The maximum absolute atomic E-state index is 12.7. The maximum Gasteiger partial charge on any atom is 0.237 e. The molecule has 0 spiro atoms. The van der Waals surface area contributed by atoms with Crippen LogP contribution in [0.4, 0.5) is 0 Å². The average molecular weight is 364 g/mol. The summed E-state index contributed by atoms with van der Waals surface area (Å²) in [5.41, 5.74) is 2.02. The second-order valence-corrected chi connectivity index (χ2v) is 8.43. The van der Waals surface area contributed by atoms with Gasteiger partial charge in [0.15, 0.2) is 0 Å². The number of nitrogens with one attached hydrogen (secondary N) is 2. The van der Waals surface area contributed by atoms with Crippen molar-refractivity contribution >= 4 is 11.8 Å². The molecule has 26 heavy (non-hydrogen) atoms. The summed E-state index contributed by atoms with van der Waals surface area (Å²) in [6.45, 7) is 11.3. The second-order valence-electron chi connectivity index (χ2n) is 8.43. The third-order valence-corrected chi connectivity index (χ3v) is 4.51. The molecule has 1 aromatic rings. The molecule has 1 atom stereocenters. The highest BCUT2D eigenvalue weighted by molar-refractivity contribution is 5.88. The van der Waals surface area contributed by atoms with Crippen LogP contribution < -0.4 is 5.32 Å². The number of aromatic amines is 1. The largest absolute Gasteiger partial charge is 0.353 e. The molecular weight excluding hydrogens is 330 g/mol. The lowest BCUT2D eigenvalue weighted by Crippen LogP contribution is -2.58. The Labute approximate surface area is 156 Å². The quantitative estimate of drug-likeness (QED) is 0.770. The number of rotatable bonds is 7. The first-order chi connectivity index (χ1) is 12.2. The minimum atomic E-state index is -0.393. The normalized spacial score (nSPS) is 18.7. The topological polar surface area (TPSA) is 81.3 Å². The highest BCUT2D eigenvalue weighted by Crippen LogP contribution is 2.20. The number of amides is 2. The van der Waals surface area contributed by atoms with Crippen molar-refractivity contribution in [1.82, 2.24) is 25.3 Å². The number of carbonyl (C=O) groups is 2. The van der Waals surface area contributed by atoms with E-state index >= 15 is 0 Å². The van der Waals surface area contributed by atoms with Crippen LogP contribution in [0.25, 0.3) is 0 Å². The Morgan fingerprint density at radius 1 is 1.42 bits per heavy atom. The molecule has 1 unspecified atom stereocenters. The number of aryl methyl sites for hydroxylation is 1. The fourth-order valence-electron chi connectivity index (χ4n) is 3.32. The van der Waals surface area contributed by atoms with Crippen molar-refractivity contribution in [3.63, 3.8) is 0 Å². The van der Waals surface area contributed by atoms with Crippen molar-refractivity contribution in [2.24, 2.45) is 5.41 Å². The molecule has 2 amide bonds. The van der Waals surface area contributed by atoms with E-state index in [1.54, 1.807) is 11.9 Å². The number of carbonyl (C=O) groups excluding carboxylic acids is 2. The summed E-state index contributed by atoms with van der Waals surface area (Å²) in [5.74, 6) is -0.0772. The predicted octanol–water partition coefficient (Wildman–Crippen LogP) is 1.56. The van der Waals surface area contributed by atoms with Gasteiger partial charge in [0.1, 0.15) is 0 Å². The smallest absolute Gasteiger partial charge is 0.237 e. The highest BCUT2D eigenvalue weighted by Gasteiger charge is 2.34. The molecule has 146 valence electrons. The standard InChI is InChI=1S/C19H33N5O2/c1-6-7-14-10-15(22-21-14)12-23(5)17(25)11-16-18(26)20-8-9-24(16)13-19(2,3)4/h10,16H,6-9,11-13H2,1-5H3,(H,20,26)(H,21,22). The third-order valence-electron chi connectivity index (χ3n) is 4.51. The van der Waals surface area contributed by atoms with Gasteiger partial charge in [-0.3, -0.25) is 19.6 Å². The van der Waals surface area contributed by atoms with Crippen molar-refractivity contribution in [1.29, 1.82) is 0 Å². The number of piperazine rings is 1. The minimum Gasteiger partial charge on any atom is -0.353 e. The maximum atomic E-state index is 12.7. The van der Waals surface area contributed by atoms with Crippen LogP contribution in [-0.2, 0) is 22.6 Å². The van der Waals surface area contributed by atoms with Crippen LogP contribution in [-0.4, -0.2) is 64.5 Å². The van der Waals surface area contributed by atoms with Gasteiger partial charge in [-0.25, -0.2) is 0 Å². The molecule has 0 aromatic carbocycles. The summed E-state index contributed by atoms with van der Waals surface area (Å²) in [6.07, 6.45) is 2.17. The molecule has 0 aliphatic carbocycles. The fourth-order valence-corrected chi connectivity index (χ4v) is 3.32. The minimum absolute atomic E-state index is 0.0300. The van der Waals surface area contributed by atoms with E-state index in [1.165, 1.54) is 0 Å². The number of H-pyrrole nitrogens is 1. The molecular formula is C19H33N5O2. The molecule has 1 saturated heterocycles. The Morgan fingerprint density at radius 3 is 2.81 bits per heavy atom. The van der Waals surface area contributed by atoms with Gasteiger partial charge in [-0.15, -0.1) is 0 Å². The molecule has 1 aliphatic rings. The van der Waals surface area contributed by atoms with Gasteiger partial charge in [0.25, 0.3) is 0 Å². The van der Waals surface area contributed by atoms with Crippen LogP contribution in [0.5, 0.6) is 0 Å². The van der Waals surface area contributed by atoms with Crippen molar-refractivity contribution in [3.05, 3.63) is 17.5 Å².